The molecule has 0 aromatic carbocycles. The highest BCUT2D eigenvalue weighted by Crippen LogP contribution is 2.18. The second-order valence-electron chi connectivity index (χ2n) is 3.36. The fourth-order valence-corrected chi connectivity index (χ4v) is 1.38. The molecule has 3 heteroatoms. The van der Waals surface area contributed by atoms with E-state index in [1.807, 2.05) is 12.1 Å². The molecule has 2 heterocycles. The molecule has 1 saturated heterocycles. The maximum absolute atomic E-state index is 13.7. The van der Waals surface area contributed by atoms with Crippen molar-refractivity contribution in [1.82, 2.24) is 10.3 Å². The Kier molecular flexibility index (Phi) is 2.47. The number of alkyl halides is 1. The van der Waals surface area contributed by atoms with Gasteiger partial charge in [-0.05, 0) is 24.6 Å². The molecule has 0 bridgehead atoms. The van der Waals surface area contributed by atoms with Gasteiger partial charge in [0.05, 0.1) is 0 Å². The molecule has 1 aliphatic rings. The van der Waals surface area contributed by atoms with Gasteiger partial charge in [0, 0.05) is 19.2 Å². The predicted molar refractivity (Wildman–Crippen MR) is 52.4 cm³/mol. The average Bonchev–Trinajstić information content (AvgIpc) is 2.65. The molecule has 14 heavy (non-hydrogen) atoms. The van der Waals surface area contributed by atoms with Crippen molar-refractivity contribution in [3.63, 3.8) is 0 Å². The van der Waals surface area contributed by atoms with Crippen LogP contribution in [0.3, 0.4) is 0 Å². The summed E-state index contributed by atoms with van der Waals surface area (Å²) < 4.78 is 13.7. The number of halogens is 1. The first-order chi connectivity index (χ1) is 6.79. The number of hydrogen-bond donors (Lipinski definition) is 1. The lowest BCUT2D eigenvalue weighted by Gasteiger charge is -2.07. The molecule has 1 fully saturated rings. The van der Waals surface area contributed by atoms with E-state index in [9.17, 15) is 4.39 Å². The first-order valence-electron chi connectivity index (χ1n) is 4.62. The number of hydrogen-bond acceptors (Lipinski definition) is 2. The standard InChI is InChI=1S/C11H11FN2/c12-11(6-8-13-9-11)5-4-10-3-1-2-7-14-10/h1-3,7,13H,6,8-9H2. The first kappa shape index (κ1) is 9.17. The third-order valence-corrected chi connectivity index (χ3v) is 2.18. The maximum atomic E-state index is 13.7. The van der Waals surface area contributed by atoms with E-state index in [0.29, 0.717) is 25.2 Å². The number of nitrogens with one attached hydrogen (secondary N) is 1. The summed E-state index contributed by atoms with van der Waals surface area (Å²) in [5.41, 5.74) is -0.742. The third kappa shape index (κ3) is 2.09. The van der Waals surface area contributed by atoms with Crippen LogP contribution in [0, 0.1) is 11.8 Å². The monoisotopic (exact) mass is 190 g/mol. The summed E-state index contributed by atoms with van der Waals surface area (Å²) in [5.74, 6) is 5.38. The third-order valence-electron chi connectivity index (χ3n) is 2.18. The normalized spacial score (nSPS) is 25.5. The predicted octanol–water partition coefficient (Wildman–Crippen LogP) is 1.13. The molecule has 1 N–H and O–H groups in total. The molecule has 0 saturated carbocycles. The average molecular weight is 190 g/mol. The summed E-state index contributed by atoms with van der Waals surface area (Å²) in [6.45, 7) is 1.03. The van der Waals surface area contributed by atoms with Gasteiger partial charge in [-0.15, -0.1) is 0 Å². The Balaban J connectivity index is 2.14. The Bertz CT molecular complexity index is 358. The summed E-state index contributed by atoms with van der Waals surface area (Å²) in [6, 6.07) is 5.43. The van der Waals surface area contributed by atoms with E-state index in [-0.39, 0.29) is 0 Å². The molecule has 2 nitrogen and oxygen atoms in total. The Morgan fingerprint density at radius 2 is 2.43 bits per heavy atom. The summed E-state index contributed by atoms with van der Waals surface area (Å²) in [5, 5.41) is 2.95. The number of pyridine rings is 1. The minimum absolute atomic E-state index is 0.326. The van der Waals surface area contributed by atoms with Crippen LogP contribution in [-0.4, -0.2) is 23.7 Å². The van der Waals surface area contributed by atoms with E-state index in [1.165, 1.54) is 0 Å². The molecule has 0 spiro atoms. The van der Waals surface area contributed by atoms with E-state index in [0.717, 1.165) is 0 Å². The van der Waals surface area contributed by atoms with Gasteiger partial charge < -0.3 is 5.32 Å². The largest absolute Gasteiger partial charge is 0.312 e. The molecule has 2 rings (SSSR count). The van der Waals surface area contributed by atoms with Gasteiger partial charge in [0.2, 0.25) is 0 Å². The zero-order valence-electron chi connectivity index (χ0n) is 7.76. The van der Waals surface area contributed by atoms with Crippen LogP contribution in [0.25, 0.3) is 0 Å². The number of nitrogens with zero attached hydrogens (tertiary/aromatic N) is 1. The van der Waals surface area contributed by atoms with E-state index in [4.69, 9.17) is 0 Å². The highest BCUT2D eigenvalue weighted by Gasteiger charge is 2.31. The van der Waals surface area contributed by atoms with Crippen LogP contribution in [0.2, 0.25) is 0 Å². The molecule has 0 amide bonds. The van der Waals surface area contributed by atoms with Gasteiger partial charge in [-0.2, -0.15) is 0 Å². The zero-order chi connectivity index (χ0) is 9.86. The highest BCUT2D eigenvalue weighted by molar-refractivity contribution is 5.31. The lowest BCUT2D eigenvalue weighted by Crippen LogP contribution is -2.23. The van der Waals surface area contributed by atoms with Crippen LogP contribution in [-0.2, 0) is 0 Å². The minimum Gasteiger partial charge on any atom is -0.312 e. The van der Waals surface area contributed by atoms with Gasteiger partial charge >= 0.3 is 0 Å². The molecule has 0 radical (unpaired) electrons. The second-order valence-corrected chi connectivity index (χ2v) is 3.36. The Morgan fingerprint density at radius 1 is 1.50 bits per heavy atom. The molecule has 0 aliphatic carbocycles. The summed E-state index contributed by atoms with van der Waals surface area (Å²) in [7, 11) is 0. The molecule has 1 unspecified atom stereocenters. The zero-order valence-corrected chi connectivity index (χ0v) is 7.76. The summed E-state index contributed by atoms with van der Waals surface area (Å²) >= 11 is 0. The van der Waals surface area contributed by atoms with Crippen molar-refractivity contribution in [2.75, 3.05) is 13.1 Å². The first-order valence-corrected chi connectivity index (χ1v) is 4.62. The Morgan fingerprint density at radius 3 is 3.07 bits per heavy atom. The van der Waals surface area contributed by atoms with Crippen LogP contribution < -0.4 is 5.32 Å². The number of rotatable bonds is 0. The van der Waals surface area contributed by atoms with Crippen LogP contribution >= 0.6 is 0 Å². The van der Waals surface area contributed by atoms with Gasteiger partial charge in [0.1, 0.15) is 5.69 Å². The number of aromatic nitrogens is 1. The second kappa shape index (κ2) is 3.77. The van der Waals surface area contributed by atoms with E-state index in [1.54, 1.807) is 12.3 Å². The van der Waals surface area contributed by atoms with Gasteiger partial charge in [-0.3, -0.25) is 0 Å². The fourth-order valence-electron chi connectivity index (χ4n) is 1.38. The summed E-state index contributed by atoms with van der Waals surface area (Å²) in [4.78, 5) is 4.01. The topological polar surface area (TPSA) is 24.9 Å². The van der Waals surface area contributed by atoms with Crippen molar-refractivity contribution in [3.05, 3.63) is 30.1 Å². The molecule has 1 aliphatic heterocycles. The lowest BCUT2D eigenvalue weighted by molar-refractivity contribution is 0.271. The van der Waals surface area contributed by atoms with E-state index >= 15 is 0 Å². The molecule has 1 atom stereocenters. The Hall–Kier alpha value is -1.40. The quantitative estimate of drug-likeness (QED) is 0.620. The van der Waals surface area contributed by atoms with Crippen molar-refractivity contribution in [1.29, 1.82) is 0 Å². The van der Waals surface area contributed by atoms with Gasteiger partial charge in [-0.25, -0.2) is 9.37 Å². The van der Waals surface area contributed by atoms with Crippen molar-refractivity contribution in [2.24, 2.45) is 0 Å². The van der Waals surface area contributed by atoms with Crippen molar-refractivity contribution < 1.29 is 4.39 Å². The maximum Gasteiger partial charge on any atom is 0.184 e. The van der Waals surface area contributed by atoms with Crippen molar-refractivity contribution in [2.45, 2.75) is 12.1 Å². The van der Waals surface area contributed by atoms with Gasteiger partial charge in [0.25, 0.3) is 0 Å². The molecule has 1 aromatic rings. The summed E-state index contributed by atoms with van der Waals surface area (Å²) in [6.07, 6.45) is 2.12. The van der Waals surface area contributed by atoms with Gasteiger partial charge in [0.15, 0.2) is 5.67 Å². The van der Waals surface area contributed by atoms with Crippen LogP contribution in [0.4, 0.5) is 4.39 Å². The molecule has 1 aromatic heterocycles. The minimum atomic E-state index is -1.36. The van der Waals surface area contributed by atoms with E-state index < -0.39 is 5.67 Å². The van der Waals surface area contributed by atoms with Gasteiger partial charge in [-0.1, -0.05) is 12.0 Å². The lowest BCUT2D eigenvalue weighted by atomic mass is 10.1. The van der Waals surface area contributed by atoms with Crippen LogP contribution in [0.5, 0.6) is 0 Å². The molecular weight excluding hydrogens is 179 g/mol. The van der Waals surface area contributed by atoms with Crippen LogP contribution in [0.15, 0.2) is 24.4 Å². The smallest absolute Gasteiger partial charge is 0.184 e. The Labute approximate surface area is 82.5 Å². The van der Waals surface area contributed by atoms with E-state index in [2.05, 4.69) is 22.1 Å². The fraction of sp³-hybridized carbons (Fsp3) is 0.364. The molecule has 72 valence electrons. The molecular formula is C11H11FN2. The van der Waals surface area contributed by atoms with Crippen molar-refractivity contribution in [3.8, 4) is 11.8 Å². The van der Waals surface area contributed by atoms with Crippen molar-refractivity contribution >= 4 is 0 Å². The van der Waals surface area contributed by atoms with Crippen LogP contribution in [0.1, 0.15) is 12.1 Å². The SMILES string of the molecule is FC1(C#Cc2ccccn2)CCNC1. The highest BCUT2D eigenvalue weighted by atomic mass is 19.1.